The van der Waals surface area contributed by atoms with E-state index in [1.807, 2.05) is 0 Å². The van der Waals surface area contributed by atoms with Crippen molar-refractivity contribution < 1.29 is 14.7 Å². The number of rotatable bonds is 4. The van der Waals surface area contributed by atoms with Crippen LogP contribution in [-0.4, -0.2) is 39.2 Å². The molecule has 1 heterocycles. The molecular weight excluding hydrogens is 312 g/mol. The van der Waals surface area contributed by atoms with Crippen molar-refractivity contribution in [1.29, 1.82) is 0 Å². The van der Waals surface area contributed by atoms with E-state index in [0.29, 0.717) is 18.7 Å². The summed E-state index contributed by atoms with van der Waals surface area (Å²) in [5.74, 6) is -0.585. The van der Waals surface area contributed by atoms with Crippen LogP contribution in [-0.2, 0) is 0 Å². The lowest BCUT2D eigenvalue weighted by Gasteiger charge is -2.29. The van der Waals surface area contributed by atoms with Crippen LogP contribution in [0.25, 0.3) is 0 Å². The highest BCUT2D eigenvalue weighted by Crippen LogP contribution is 2.26. The molecule has 2 amide bonds. The molecule has 7 N–H and O–H groups in total. The highest BCUT2D eigenvalue weighted by Gasteiger charge is 2.24. The fourth-order valence-corrected chi connectivity index (χ4v) is 2.63. The number of primary amides is 1. The van der Waals surface area contributed by atoms with Gasteiger partial charge in [-0.2, -0.15) is 0 Å². The Morgan fingerprint density at radius 1 is 1.18 bits per heavy atom. The molecule has 0 saturated heterocycles. The van der Waals surface area contributed by atoms with Gasteiger partial charge in [0.25, 0.3) is 5.91 Å². The number of aromatic nitrogens is 2. The van der Waals surface area contributed by atoms with Crippen molar-refractivity contribution in [2.75, 3.05) is 11.1 Å². The summed E-state index contributed by atoms with van der Waals surface area (Å²) in [6.45, 7) is 0. The van der Waals surface area contributed by atoms with Gasteiger partial charge in [0.2, 0.25) is 0 Å². The molecular formula is C12H17ClN6O3. The average molecular weight is 329 g/mol. The molecule has 10 heteroatoms. The average Bonchev–Trinajstić information content (AvgIpc) is 2.43. The third-order valence-electron chi connectivity index (χ3n) is 3.51. The van der Waals surface area contributed by atoms with E-state index >= 15 is 0 Å². The highest BCUT2D eigenvalue weighted by molar-refractivity contribution is 6.32. The molecule has 1 fully saturated rings. The van der Waals surface area contributed by atoms with E-state index in [-0.39, 0.29) is 28.7 Å². The van der Waals surface area contributed by atoms with Gasteiger partial charge in [-0.15, -0.1) is 0 Å². The SMILES string of the molecule is NC(=O)c1nc(Cl)c(N[C@H]2CC[C@H](NC(=O)O)CC2)nc1N. The number of nitrogens with zero attached hydrogens (tertiary/aromatic N) is 2. The molecule has 120 valence electrons. The molecule has 22 heavy (non-hydrogen) atoms. The molecule has 0 atom stereocenters. The molecule has 1 aliphatic carbocycles. The van der Waals surface area contributed by atoms with Crippen LogP contribution >= 0.6 is 11.6 Å². The minimum Gasteiger partial charge on any atom is -0.465 e. The summed E-state index contributed by atoms with van der Waals surface area (Å²) in [6, 6.07) is 0.0388. The quantitative estimate of drug-likeness (QED) is 0.547. The maximum atomic E-state index is 11.1. The van der Waals surface area contributed by atoms with Gasteiger partial charge in [-0.3, -0.25) is 4.79 Å². The van der Waals surface area contributed by atoms with Gasteiger partial charge in [0.15, 0.2) is 22.5 Å². The van der Waals surface area contributed by atoms with Gasteiger partial charge in [0.1, 0.15) is 0 Å². The fourth-order valence-electron chi connectivity index (χ4n) is 2.45. The Bertz CT molecular complexity index is 588. The summed E-state index contributed by atoms with van der Waals surface area (Å²) in [6.07, 6.45) is 1.91. The van der Waals surface area contributed by atoms with Crippen LogP contribution in [0.2, 0.25) is 5.15 Å². The number of anilines is 2. The normalized spacial score (nSPS) is 21.1. The number of nitrogens with one attached hydrogen (secondary N) is 2. The van der Waals surface area contributed by atoms with Gasteiger partial charge in [0.05, 0.1) is 0 Å². The molecule has 0 spiro atoms. The monoisotopic (exact) mass is 328 g/mol. The summed E-state index contributed by atoms with van der Waals surface area (Å²) < 4.78 is 0. The van der Waals surface area contributed by atoms with Crippen molar-refractivity contribution >= 4 is 35.2 Å². The van der Waals surface area contributed by atoms with E-state index in [0.717, 1.165) is 12.8 Å². The standard InChI is InChI=1S/C12H17ClN6O3/c13-8-11(19-9(14)7(18-8)10(15)20)16-5-1-3-6(4-2-5)17-12(21)22/h5-6,17H,1-4H2,(H2,15,20)(H,21,22)(H3,14,16,19)/t5-,6-. The lowest BCUT2D eigenvalue weighted by Crippen LogP contribution is -2.39. The van der Waals surface area contributed by atoms with Crippen LogP contribution in [0.4, 0.5) is 16.4 Å². The number of hydrogen-bond acceptors (Lipinski definition) is 6. The number of amides is 2. The number of carbonyl (C=O) groups is 2. The zero-order valence-electron chi connectivity index (χ0n) is 11.7. The summed E-state index contributed by atoms with van der Waals surface area (Å²) in [7, 11) is 0. The van der Waals surface area contributed by atoms with Crippen LogP contribution in [0.3, 0.4) is 0 Å². The summed E-state index contributed by atoms with van der Waals surface area (Å²) in [4.78, 5) is 29.6. The van der Waals surface area contributed by atoms with Crippen molar-refractivity contribution in [1.82, 2.24) is 15.3 Å². The van der Waals surface area contributed by atoms with E-state index in [2.05, 4.69) is 20.6 Å². The van der Waals surface area contributed by atoms with E-state index in [1.54, 1.807) is 0 Å². The number of halogens is 1. The van der Waals surface area contributed by atoms with Crippen molar-refractivity contribution in [2.45, 2.75) is 37.8 Å². The Hall–Kier alpha value is -2.29. The van der Waals surface area contributed by atoms with Gasteiger partial charge in [-0.25, -0.2) is 14.8 Å². The smallest absolute Gasteiger partial charge is 0.404 e. The first kappa shape index (κ1) is 16.1. The van der Waals surface area contributed by atoms with Crippen molar-refractivity contribution in [2.24, 2.45) is 5.73 Å². The van der Waals surface area contributed by atoms with Crippen LogP contribution in [0.15, 0.2) is 0 Å². The second kappa shape index (κ2) is 6.65. The molecule has 9 nitrogen and oxygen atoms in total. The van der Waals surface area contributed by atoms with Gasteiger partial charge in [0, 0.05) is 12.1 Å². The fraction of sp³-hybridized carbons (Fsp3) is 0.500. The van der Waals surface area contributed by atoms with Crippen molar-refractivity contribution in [3.05, 3.63) is 10.8 Å². The maximum absolute atomic E-state index is 11.1. The molecule has 1 aromatic rings. The molecule has 0 unspecified atom stereocenters. The lowest BCUT2D eigenvalue weighted by atomic mass is 9.91. The predicted molar refractivity (Wildman–Crippen MR) is 80.8 cm³/mol. The molecule has 0 radical (unpaired) electrons. The molecule has 1 saturated carbocycles. The van der Waals surface area contributed by atoms with Crippen LogP contribution < -0.4 is 22.1 Å². The lowest BCUT2D eigenvalue weighted by molar-refractivity contribution is 0.0996. The Morgan fingerprint density at radius 3 is 2.32 bits per heavy atom. The Balaban J connectivity index is 1.99. The van der Waals surface area contributed by atoms with Crippen LogP contribution in [0, 0.1) is 0 Å². The van der Waals surface area contributed by atoms with Gasteiger partial charge in [-0.1, -0.05) is 11.6 Å². The molecule has 2 rings (SSSR count). The maximum Gasteiger partial charge on any atom is 0.404 e. The number of carbonyl (C=O) groups excluding carboxylic acids is 1. The Labute approximate surface area is 131 Å². The number of hydrogen-bond donors (Lipinski definition) is 5. The molecule has 0 bridgehead atoms. The minimum atomic E-state index is -1.01. The number of nitrogen functional groups attached to an aromatic ring is 1. The number of nitrogens with two attached hydrogens (primary N) is 2. The number of carboxylic acid groups (broad SMARTS) is 1. The highest BCUT2D eigenvalue weighted by atomic mass is 35.5. The van der Waals surface area contributed by atoms with Gasteiger partial charge in [-0.05, 0) is 25.7 Å². The second-order valence-electron chi connectivity index (χ2n) is 5.10. The first-order valence-corrected chi connectivity index (χ1v) is 7.13. The van der Waals surface area contributed by atoms with Gasteiger partial charge < -0.3 is 27.2 Å². The van der Waals surface area contributed by atoms with E-state index in [1.165, 1.54) is 0 Å². The van der Waals surface area contributed by atoms with Gasteiger partial charge >= 0.3 is 6.09 Å². The zero-order valence-corrected chi connectivity index (χ0v) is 12.4. The Morgan fingerprint density at radius 2 is 1.77 bits per heavy atom. The van der Waals surface area contributed by atoms with Crippen molar-refractivity contribution in [3.8, 4) is 0 Å². The Kier molecular flexibility index (Phi) is 4.86. The first-order chi connectivity index (χ1) is 10.4. The topological polar surface area (TPSA) is 156 Å². The van der Waals surface area contributed by atoms with E-state index in [4.69, 9.17) is 28.2 Å². The third kappa shape index (κ3) is 3.88. The summed E-state index contributed by atoms with van der Waals surface area (Å²) in [5, 5.41) is 14.3. The van der Waals surface area contributed by atoms with E-state index < -0.39 is 12.0 Å². The van der Waals surface area contributed by atoms with Crippen molar-refractivity contribution in [3.63, 3.8) is 0 Å². The van der Waals surface area contributed by atoms with Crippen LogP contribution in [0.5, 0.6) is 0 Å². The molecule has 0 aliphatic heterocycles. The second-order valence-corrected chi connectivity index (χ2v) is 5.46. The zero-order chi connectivity index (χ0) is 16.3. The first-order valence-electron chi connectivity index (χ1n) is 6.75. The largest absolute Gasteiger partial charge is 0.465 e. The molecule has 1 aromatic heterocycles. The minimum absolute atomic E-state index is 0.0220. The molecule has 0 aromatic carbocycles. The summed E-state index contributed by atoms with van der Waals surface area (Å²) >= 11 is 5.97. The third-order valence-corrected chi connectivity index (χ3v) is 3.77. The summed E-state index contributed by atoms with van der Waals surface area (Å²) in [5.41, 5.74) is 10.6. The van der Waals surface area contributed by atoms with E-state index in [9.17, 15) is 9.59 Å². The predicted octanol–water partition coefficient (Wildman–Crippen LogP) is 0.802. The molecule has 1 aliphatic rings. The van der Waals surface area contributed by atoms with Crippen LogP contribution in [0.1, 0.15) is 36.2 Å².